The highest BCUT2D eigenvalue weighted by Gasteiger charge is 2.26. The standard InChI is InChI=1S/C11H18N4O/c16-9-3-6-15-10(7-9)13-14-11(15)8-1-4-12-5-2-8/h8-9,12,16H,1-7H2. The number of rotatable bonds is 1. The maximum atomic E-state index is 9.58. The topological polar surface area (TPSA) is 63.0 Å². The highest BCUT2D eigenvalue weighted by atomic mass is 16.3. The van der Waals surface area contributed by atoms with Gasteiger partial charge in [0.05, 0.1) is 6.10 Å². The van der Waals surface area contributed by atoms with E-state index >= 15 is 0 Å². The van der Waals surface area contributed by atoms with Crippen molar-refractivity contribution in [2.45, 2.75) is 44.2 Å². The van der Waals surface area contributed by atoms with Crippen LogP contribution in [0.5, 0.6) is 0 Å². The van der Waals surface area contributed by atoms with Gasteiger partial charge in [-0.3, -0.25) is 0 Å². The van der Waals surface area contributed by atoms with Crippen molar-refractivity contribution >= 4 is 0 Å². The molecule has 16 heavy (non-hydrogen) atoms. The van der Waals surface area contributed by atoms with Crippen molar-refractivity contribution in [2.24, 2.45) is 0 Å². The second-order valence-corrected chi connectivity index (χ2v) is 4.80. The molecule has 0 bridgehead atoms. The highest BCUT2D eigenvalue weighted by molar-refractivity contribution is 5.06. The number of piperidine rings is 1. The molecule has 3 rings (SSSR count). The van der Waals surface area contributed by atoms with Gasteiger partial charge in [0.25, 0.3) is 0 Å². The molecule has 2 aliphatic heterocycles. The number of fused-ring (bicyclic) bond motifs is 1. The van der Waals surface area contributed by atoms with Gasteiger partial charge >= 0.3 is 0 Å². The molecular formula is C11H18N4O. The SMILES string of the molecule is OC1CCn2c(nnc2C2CCNCC2)C1. The summed E-state index contributed by atoms with van der Waals surface area (Å²) in [6.45, 7) is 3.04. The second kappa shape index (κ2) is 4.14. The van der Waals surface area contributed by atoms with E-state index in [0.29, 0.717) is 12.3 Å². The Balaban J connectivity index is 1.85. The van der Waals surface area contributed by atoms with Crippen LogP contribution < -0.4 is 5.32 Å². The van der Waals surface area contributed by atoms with Crippen molar-refractivity contribution in [3.8, 4) is 0 Å². The summed E-state index contributed by atoms with van der Waals surface area (Å²) in [7, 11) is 0. The number of hydrogen-bond acceptors (Lipinski definition) is 4. The van der Waals surface area contributed by atoms with Crippen LogP contribution in [0, 0.1) is 0 Å². The minimum absolute atomic E-state index is 0.224. The average Bonchev–Trinajstić information content (AvgIpc) is 2.73. The first-order chi connectivity index (χ1) is 7.84. The second-order valence-electron chi connectivity index (χ2n) is 4.80. The van der Waals surface area contributed by atoms with Gasteiger partial charge in [-0.05, 0) is 32.4 Å². The lowest BCUT2D eigenvalue weighted by molar-refractivity contribution is 0.140. The monoisotopic (exact) mass is 222 g/mol. The first-order valence-electron chi connectivity index (χ1n) is 6.15. The van der Waals surface area contributed by atoms with Crippen LogP contribution in [0.3, 0.4) is 0 Å². The minimum atomic E-state index is -0.224. The molecule has 1 unspecified atom stereocenters. The predicted octanol–water partition coefficient (Wildman–Crippen LogP) is 0.0522. The highest BCUT2D eigenvalue weighted by Crippen LogP contribution is 2.26. The summed E-state index contributed by atoms with van der Waals surface area (Å²) in [5.74, 6) is 2.66. The van der Waals surface area contributed by atoms with Crippen molar-refractivity contribution in [1.29, 1.82) is 0 Å². The van der Waals surface area contributed by atoms with Gasteiger partial charge in [-0.1, -0.05) is 0 Å². The summed E-state index contributed by atoms with van der Waals surface area (Å²) in [4.78, 5) is 0. The van der Waals surface area contributed by atoms with Gasteiger partial charge in [-0.15, -0.1) is 10.2 Å². The molecule has 1 saturated heterocycles. The van der Waals surface area contributed by atoms with Gasteiger partial charge in [0.1, 0.15) is 11.6 Å². The third-order valence-corrected chi connectivity index (χ3v) is 3.66. The maximum Gasteiger partial charge on any atom is 0.136 e. The molecule has 1 aromatic rings. The lowest BCUT2D eigenvalue weighted by Gasteiger charge is -2.25. The van der Waals surface area contributed by atoms with Crippen molar-refractivity contribution in [3.63, 3.8) is 0 Å². The summed E-state index contributed by atoms with van der Waals surface area (Å²) in [6, 6.07) is 0. The molecule has 1 fully saturated rings. The minimum Gasteiger partial charge on any atom is -0.393 e. The molecule has 0 saturated carbocycles. The van der Waals surface area contributed by atoms with E-state index in [1.165, 1.54) is 0 Å². The Morgan fingerprint density at radius 2 is 2.00 bits per heavy atom. The predicted molar refractivity (Wildman–Crippen MR) is 59.2 cm³/mol. The van der Waals surface area contributed by atoms with Gasteiger partial charge in [0.15, 0.2) is 0 Å². The van der Waals surface area contributed by atoms with Crippen LogP contribution in [0.25, 0.3) is 0 Å². The normalized spacial score (nSPS) is 26.7. The summed E-state index contributed by atoms with van der Waals surface area (Å²) in [5, 5.41) is 21.5. The Bertz CT molecular complexity index is 370. The number of aliphatic hydroxyl groups is 1. The lowest BCUT2D eigenvalue weighted by Crippen LogP contribution is -2.30. The summed E-state index contributed by atoms with van der Waals surface area (Å²) < 4.78 is 2.22. The average molecular weight is 222 g/mol. The van der Waals surface area contributed by atoms with Gasteiger partial charge in [-0.25, -0.2) is 0 Å². The largest absolute Gasteiger partial charge is 0.393 e. The molecule has 0 aromatic carbocycles. The molecule has 88 valence electrons. The van der Waals surface area contributed by atoms with Crippen molar-refractivity contribution in [3.05, 3.63) is 11.6 Å². The van der Waals surface area contributed by atoms with E-state index in [1.54, 1.807) is 0 Å². The zero-order valence-corrected chi connectivity index (χ0v) is 9.39. The van der Waals surface area contributed by atoms with E-state index in [-0.39, 0.29) is 6.10 Å². The maximum absolute atomic E-state index is 9.58. The molecule has 5 heteroatoms. The molecule has 3 heterocycles. The van der Waals surface area contributed by atoms with Crippen molar-refractivity contribution in [1.82, 2.24) is 20.1 Å². The Morgan fingerprint density at radius 1 is 1.19 bits per heavy atom. The quantitative estimate of drug-likeness (QED) is 0.705. The number of aliphatic hydroxyl groups excluding tert-OH is 1. The van der Waals surface area contributed by atoms with Gasteiger partial charge in [0, 0.05) is 18.9 Å². The molecule has 0 radical (unpaired) electrons. The fourth-order valence-electron chi connectivity index (χ4n) is 2.72. The van der Waals surface area contributed by atoms with E-state index in [1.807, 2.05) is 0 Å². The van der Waals surface area contributed by atoms with Crippen LogP contribution in [-0.4, -0.2) is 39.1 Å². The van der Waals surface area contributed by atoms with Crippen LogP contribution >= 0.6 is 0 Å². The summed E-state index contributed by atoms with van der Waals surface area (Å²) >= 11 is 0. The summed E-state index contributed by atoms with van der Waals surface area (Å²) in [6.07, 6.45) is 3.58. The third-order valence-electron chi connectivity index (χ3n) is 3.66. The zero-order valence-electron chi connectivity index (χ0n) is 9.39. The summed E-state index contributed by atoms with van der Waals surface area (Å²) in [5.41, 5.74) is 0. The molecule has 0 aliphatic carbocycles. The molecule has 1 atom stereocenters. The first kappa shape index (κ1) is 10.2. The third kappa shape index (κ3) is 1.74. The molecule has 0 amide bonds. The smallest absolute Gasteiger partial charge is 0.136 e. The fraction of sp³-hybridized carbons (Fsp3) is 0.818. The van der Waals surface area contributed by atoms with Crippen molar-refractivity contribution in [2.75, 3.05) is 13.1 Å². The van der Waals surface area contributed by atoms with E-state index in [2.05, 4.69) is 20.1 Å². The Morgan fingerprint density at radius 3 is 2.81 bits per heavy atom. The van der Waals surface area contributed by atoms with E-state index in [0.717, 1.165) is 50.5 Å². The molecule has 2 aliphatic rings. The van der Waals surface area contributed by atoms with Crippen LogP contribution in [0.2, 0.25) is 0 Å². The first-order valence-corrected chi connectivity index (χ1v) is 6.15. The number of aromatic nitrogens is 3. The van der Waals surface area contributed by atoms with Gasteiger partial charge in [0.2, 0.25) is 0 Å². The van der Waals surface area contributed by atoms with E-state index < -0.39 is 0 Å². The van der Waals surface area contributed by atoms with Gasteiger partial charge in [-0.2, -0.15) is 0 Å². The molecule has 0 spiro atoms. The zero-order chi connectivity index (χ0) is 11.0. The fourth-order valence-corrected chi connectivity index (χ4v) is 2.72. The molecule has 1 aromatic heterocycles. The van der Waals surface area contributed by atoms with Crippen LogP contribution in [-0.2, 0) is 13.0 Å². The van der Waals surface area contributed by atoms with Crippen molar-refractivity contribution < 1.29 is 5.11 Å². The number of hydrogen-bond donors (Lipinski definition) is 2. The van der Waals surface area contributed by atoms with Gasteiger partial charge < -0.3 is 15.0 Å². The van der Waals surface area contributed by atoms with Crippen LogP contribution in [0.1, 0.15) is 36.8 Å². The van der Waals surface area contributed by atoms with E-state index in [9.17, 15) is 5.11 Å². The number of nitrogens with zero attached hydrogens (tertiary/aromatic N) is 3. The lowest BCUT2D eigenvalue weighted by atomic mass is 9.96. The van der Waals surface area contributed by atoms with E-state index in [4.69, 9.17) is 0 Å². The Kier molecular flexibility index (Phi) is 2.65. The van der Waals surface area contributed by atoms with Crippen LogP contribution in [0.4, 0.5) is 0 Å². The number of nitrogens with one attached hydrogen (secondary N) is 1. The Labute approximate surface area is 94.9 Å². The molecular weight excluding hydrogens is 204 g/mol. The Hall–Kier alpha value is -0.940. The molecule has 2 N–H and O–H groups in total. The van der Waals surface area contributed by atoms with Crippen LogP contribution in [0.15, 0.2) is 0 Å². The molecule has 5 nitrogen and oxygen atoms in total.